The third kappa shape index (κ3) is 2.56. The molecule has 0 saturated heterocycles. The van der Waals surface area contributed by atoms with E-state index in [1.54, 1.807) is 0 Å². The van der Waals surface area contributed by atoms with E-state index in [2.05, 4.69) is 4.99 Å². The number of hydrogen-bond acceptors (Lipinski definition) is 5. The van der Waals surface area contributed by atoms with E-state index in [9.17, 15) is 32.1 Å². The number of rotatable bonds is 4. The summed E-state index contributed by atoms with van der Waals surface area (Å²) >= 11 is 0. The Morgan fingerprint density at radius 2 is 2.04 bits per heavy atom. The van der Waals surface area contributed by atoms with Crippen molar-refractivity contribution in [3.8, 4) is 0 Å². The number of non-ortho nitro benzene ring substituents is 1. The monoisotopic (exact) mass is 379 g/mol. The van der Waals surface area contributed by atoms with Crippen LogP contribution in [0.5, 0.6) is 0 Å². The van der Waals surface area contributed by atoms with Crippen LogP contribution in [-0.4, -0.2) is 35.8 Å². The molecule has 1 aromatic carbocycles. The largest absolute Gasteiger partial charge is 0.455 e. The van der Waals surface area contributed by atoms with Crippen LogP contribution in [0.1, 0.15) is 18.4 Å². The molecule has 1 aliphatic heterocycles. The Hall–Kier alpha value is -2.46. The van der Waals surface area contributed by atoms with Gasteiger partial charge in [-0.3, -0.25) is 10.1 Å². The van der Waals surface area contributed by atoms with Crippen LogP contribution in [-0.2, 0) is 10.3 Å². The van der Waals surface area contributed by atoms with Crippen molar-refractivity contribution in [2.24, 2.45) is 16.6 Å². The molecule has 11 heteroatoms. The highest BCUT2D eigenvalue weighted by molar-refractivity contribution is 5.74. The molecular weight excluding hydrogens is 365 g/mol. The van der Waals surface area contributed by atoms with Crippen molar-refractivity contribution in [2.75, 3.05) is 13.3 Å². The molecular formula is C15H14F5N3O3. The second-order valence-corrected chi connectivity index (χ2v) is 6.52. The van der Waals surface area contributed by atoms with E-state index in [-0.39, 0.29) is 0 Å². The van der Waals surface area contributed by atoms with Crippen LogP contribution in [0.4, 0.5) is 27.6 Å². The fourth-order valence-electron chi connectivity index (χ4n) is 3.90. The van der Waals surface area contributed by atoms with Gasteiger partial charge in [0.25, 0.3) is 17.6 Å². The summed E-state index contributed by atoms with van der Waals surface area (Å²) in [6, 6.07) is 1.47. The Morgan fingerprint density at radius 3 is 2.62 bits per heavy atom. The van der Waals surface area contributed by atoms with Crippen LogP contribution in [0, 0.1) is 21.8 Å². The van der Waals surface area contributed by atoms with Gasteiger partial charge in [0.1, 0.15) is 24.7 Å². The smallest absolute Gasteiger partial charge is 0.283 e. The molecule has 2 aliphatic rings. The summed E-state index contributed by atoms with van der Waals surface area (Å²) in [7, 11) is 0. The van der Waals surface area contributed by atoms with Crippen molar-refractivity contribution in [1.82, 2.24) is 0 Å². The molecule has 0 aromatic heterocycles. The number of nitro benzene ring substituents is 1. The van der Waals surface area contributed by atoms with E-state index < -0.39 is 77.2 Å². The van der Waals surface area contributed by atoms with E-state index in [1.165, 1.54) is 0 Å². The quantitative estimate of drug-likeness (QED) is 0.495. The lowest BCUT2D eigenvalue weighted by atomic mass is 9.71. The number of fused-ring (bicyclic) bond motifs is 1. The molecule has 1 aromatic rings. The minimum Gasteiger partial charge on any atom is -0.455 e. The topological polar surface area (TPSA) is 90.8 Å². The summed E-state index contributed by atoms with van der Waals surface area (Å²) in [5, 5.41) is 11.0. The molecule has 0 bridgehead atoms. The molecule has 6 nitrogen and oxygen atoms in total. The van der Waals surface area contributed by atoms with Crippen molar-refractivity contribution in [3.05, 3.63) is 39.7 Å². The number of alkyl halides is 4. The molecule has 0 unspecified atom stereocenters. The number of nitro groups is 1. The van der Waals surface area contributed by atoms with E-state index in [0.29, 0.717) is 12.1 Å². The first-order valence-electron chi connectivity index (χ1n) is 7.58. The van der Waals surface area contributed by atoms with Gasteiger partial charge in [0.15, 0.2) is 5.60 Å². The number of benzene rings is 1. The first-order valence-corrected chi connectivity index (χ1v) is 7.58. The van der Waals surface area contributed by atoms with Gasteiger partial charge < -0.3 is 10.5 Å². The predicted octanol–water partition coefficient (Wildman–Crippen LogP) is 3.00. The zero-order valence-corrected chi connectivity index (χ0v) is 13.2. The maximum Gasteiger partial charge on any atom is 0.283 e. The minimum absolute atomic E-state index is 0.593. The molecule has 3 rings (SSSR count). The van der Waals surface area contributed by atoms with Gasteiger partial charge in [-0.1, -0.05) is 0 Å². The zero-order chi connectivity index (χ0) is 19.3. The summed E-state index contributed by atoms with van der Waals surface area (Å²) in [5.74, 6) is -6.13. The lowest BCUT2D eigenvalue weighted by Crippen LogP contribution is -2.57. The normalized spacial score (nSPS) is 32.5. The molecule has 142 valence electrons. The summed E-state index contributed by atoms with van der Waals surface area (Å²) in [5.41, 5.74) is -0.313. The first-order chi connectivity index (χ1) is 12.1. The Morgan fingerprint density at radius 1 is 1.35 bits per heavy atom. The molecule has 0 spiro atoms. The van der Waals surface area contributed by atoms with Gasteiger partial charge in [0.2, 0.25) is 0 Å². The summed E-state index contributed by atoms with van der Waals surface area (Å²) in [4.78, 5) is 13.8. The molecule has 1 fully saturated rings. The lowest BCUT2D eigenvalue weighted by Gasteiger charge is -2.45. The highest BCUT2D eigenvalue weighted by atomic mass is 19.3. The van der Waals surface area contributed by atoms with Crippen molar-refractivity contribution in [1.29, 1.82) is 0 Å². The third-order valence-corrected chi connectivity index (χ3v) is 4.95. The van der Waals surface area contributed by atoms with Crippen LogP contribution in [0.15, 0.2) is 23.2 Å². The van der Waals surface area contributed by atoms with Gasteiger partial charge in [-0.2, -0.15) is 0 Å². The van der Waals surface area contributed by atoms with E-state index in [1.807, 2.05) is 0 Å². The van der Waals surface area contributed by atoms with Crippen LogP contribution < -0.4 is 5.73 Å². The van der Waals surface area contributed by atoms with Crippen LogP contribution >= 0.6 is 0 Å². The van der Waals surface area contributed by atoms with Crippen molar-refractivity contribution < 1.29 is 31.6 Å². The van der Waals surface area contributed by atoms with Crippen LogP contribution in [0.2, 0.25) is 0 Å². The Bertz CT molecular complexity index is 790. The van der Waals surface area contributed by atoms with Crippen LogP contribution in [0.3, 0.4) is 0 Å². The van der Waals surface area contributed by atoms with Crippen molar-refractivity contribution in [2.45, 2.75) is 29.9 Å². The van der Waals surface area contributed by atoms with Gasteiger partial charge >= 0.3 is 0 Å². The van der Waals surface area contributed by atoms with E-state index in [0.717, 1.165) is 6.07 Å². The Balaban J connectivity index is 2.26. The van der Waals surface area contributed by atoms with E-state index in [4.69, 9.17) is 10.5 Å². The molecule has 3 atom stereocenters. The average molecular weight is 379 g/mol. The minimum atomic E-state index is -3.42. The number of hydrogen-bond donors (Lipinski definition) is 1. The standard InChI is InChI=1S/C15H14F5N3O3/c16-6-13-5-14(19,20)4-11(13)15(7-17,22-12(21)26-13)9-3-8(23(24)25)1-2-10(9)18/h1-3,11H,4-7H2,(H2,21,22)/t11-,13-,15+/m1/s1. The van der Waals surface area contributed by atoms with Crippen molar-refractivity contribution in [3.63, 3.8) is 0 Å². The highest BCUT2D eigenvalue weighted by Gasteiger charge is 2.68. The Kier molecular flexibility index (Phi) is 4.08. The zero-order valence-electron chi connectivity index (χ0n) is 13.2. The first kappa shape index (κ1) is 18.3. The average Bonchev–Trinajstić information content (AvgIpc) is 2.85. The van der Waals surface area contributed by atoms with Crippen LogP contribution in [0.25, 0.3) is 0 Å². The summed E-state index contributed by atoms with van der Waals surface area (Å²) in [6.45, 7) is -2.95. The molecule has 26 heavy (non-hydrogen) atoms. The number of ether oxygens (including phenoxy) is 1. The Labute approximate surface area is 144 Å². The third-order valence-electron chi connectivity index (χ3n) is 4.95. The number of amidine groups is 1. The predicted molar refractivity (Wildman–Crippen MR) is 79.8 cm³/mol. The van der Waals surface area contributed by atoms with Gasteiger partial charge in [0.05, 0.1) is 11.3 Å². The van der Waals surface area contributed by atoms with Gasteiger partial charge in [-0.25, -0.2) is 26.9 Å². The molecule has 1 saturated carbocycles. The second-order valence-electron chi connectivity index (χ2n) is 6.52. The maximum absolute atomic E-state index is 14.4. The van der Waals surface area contributed by atoms with Gasteiger partial charge in [-0.15, -0.1) is 0 Å². The van der Waals surface area contributed by atoms with Gasteiger partial charge in [0, 0.05) is 30.0 Å². The molecule has 0 radical (unpaired) electrons. The molecule has 1 aliphatic carbocycles. The maximum atomic E-state index is 14.4. The van der Waals surface area contributed by atoms with E-state index >= 15 is 0 Å². The molecule has 1 heterocycles. The molecule has 2 N–H and O–H groups in total. The number of nitrogens with zero attached hydrogens (tertiary/aromatic N) is 2. The lowest BCUT2D eigenvalue weighted by molar-refractivity contribution is -0.385. The number of halogens is 5. The number of nitrogens with two attached hydrogens (primary N) is 1. The summed E-state index contributed by atoms with van der Waals surface area (Å²) < 4.78 is 75.5. The fraction of sp³-hybridized carbons (Fsp3) is 0.533. The second kappa shape index (κ2) is 5.78. The fourth-order valence-corrected chi connectivity index (χ4v) is 3.90. The SMILES string of the molecule is NC1=N[C@@](CF)(c2cc([N+](=O)[O-])ccc2F)[C@@H]2CC(F)(F)C[C@]2(CF)O1. The highest BCUT2D eigenvalue weighted by Crippen LogP contribution is 2.58. The summed E-state index contributed by atoms with van der Waals surface area (Å²) in [6.07, 6.45) is -2.12. The van der Waals surface area contributed by atoms with Gasteiger partial charge in [-0.05, 0) is 6.07 Å². The molecule has 0 amide bonds. The van der Waals surface area contributed by atoms with Crippen molar-refractivity contribution >= 4 is 11.7 Å². The number of aliphatic imine (C=N–C) groups is 1.